The van der Waals surface area contributed by atoms with Gasteiger partial charge >= 0.3 is 0 Å². The van der Waals surface area contributed by atoms with Gasteiger partial charge in [-0.1, -0.05) is 25.1 Å². The molecule has 0 aliphatic heterocycles. The van der Waals surface area contributed by atoms with Crippen LogP contribution in [0.2, 0.25) is 0 Å². The number of rotatable bonds is 7. The van der Waals surface area contributed by atoms with Gasteiger partial charge in [-0.15, -0.1) is 0 Å². The van der Waals surface area contributed by atoms with Crippen molar-refractivity contribution in [1.29, 1.82) is 0 Å². The molecule has 0 radical (unpaired) electrons. The van der Waals surface area contributed by atoms with Gasteiger partial charge in [0.1, 0.15) is 11.6 Å². The maximum atomic E-state index is 11.1. The first-order valence-electron chi connectivity index (χ1n) is 5.78. The Hall–Kier alpha value is -1.50. The molecule has 100 valence electrons. The van der Waals surface area contributed by atoms with Gasteiger partial charge in [0.15, 0.2) is 5.16 Å². The summed E-state index contributed by atoms with van der Waals surface area (Å²) in [6, 6.07) is 1.66. The smallest absolute Gasteiger partial charge is 0.236 e. The zero-order chi connectivity index (χ0) is 13.5. The van der Waals surface area contributed by atoms with E-state index in [4.69, 9.17) is 11.5 Å². The van der Waals surface area contributed by atoms with Crippen LogP contribution in [0.3, 0.4) is 0 Å². The van der Waals surface area contributed by atoms with Crippen molar-refractivity contribution in [2.45, 2.75) is 24.9 Å². The third kappa shape index (κ3) is 4.40. The number of hydrogen-bond acceptors (Lipinski definition) is 6. The lowest BCUT2D eigenvalue weighted by Crippen LogP contribution is -2.35. The van der Waals surface area contributed by atoms with Gasteiger partial charge in [-0.25, -0.2) is 9.97 Å². The van der Waals surface area contributed by atoms with E-state index in [2.05, 4.69) is 16.9 Å². The van der Waals surface area contributed by atoms with Crippen LogP contribution in [0.4, 0.5) is 11.6 Å². The number of amides is 1. The van der Waals surface area contributed by atoms with Crippen LogP contribution in [0.15, 0.2) is 11.2 Å². The molecule has 6 nitrogen and oxygen atoms in total. The van der Waals surface area contributed by atoms with Crippen molar-refractivity contribution in [3.05, 3.63) is 6.07 Å². The molecule has 0 aromatic carbocycles. The van der Waals surface area contributed by atoms with Crippen molar-refractivity contribution >= 4 is 29.3 Å². The Balaban J connectivity index is 2.95. The second-order valence-corrected chi connectivity index (χ2v) is 4.65. The van der Waals surface area contributed by atoms with E-state index in [9.17, 15) is 4.79 Å². The zero-order valence-corrected chi connectivity index (χ0v) is 11.5. The monoisotopic (exact) mass is 269 g/mol. The van der Waals surface area contributed by atoms with Crippen LogP contribution in [-0.2, 0) is 4.79 Å². The van der Waals surface area contributed by atoms with Gasteiger partial charge in [-0.3, -0.25) is 4.79 Å². The third-order valence-electron chi connectivity index (χ3n) is 2.35. The quantitative estimate of drug-likeness (QED) is 0.563. The van der Waals surface area contributed by atoms with Crippen LogP contribution in [0, 0.1) is 0 Å². The SMILES string of the molecule is CCCCN(CC(N)=O)c1cc(N)nc(SC)n1. The van der Waals surface area contributed by atoms with Gasteiger partial charge in [-0.2, -0.15) is 0 Å². The van der Waals surface area contributed by atoms with E-state index >= 15 is 0 Å². The number of thioether (sulfide) groups is 1. The molecule has 1 aromatic heterocycles. The average Bonchev–Trinajstić information content (AvgIpc) is 2.33. The maximum absolute atomic E-state index is 11.1. The molecule has 0 saturated heterocycles. The summed E-state index contributed by atoms with van der Waals surface area (Å²) in [6.07, 6.45) is 3.88. The molecule has 1 amide bonds. The van der Waals surface area contributed by atoms with Crippen molar-refractivity contribution < 1.29 is 4.79 Å². The van der Waals surface area contributed by atoms with E-state index in [1.165, 1.54) is 11.8 Å². The van der Waals surface area contributed by atoms with Crippen LogP contribution in [0.25, 0.3) is 0 Å². The Morgan fingerprint density at radius 2 is 2.22 bits per heavy atom. The van der Waals surface area contributed by atoms with Gasteiger partial charge in [0.2, 0.25) is 5.91 Å². The first kappa shape index (κ1) is 14.6. The number of carbonyl (C=O) groups is 1. The van der Waals surface area contributed by atoms with Crippen LogP contribution in [0.5, 0.6) is 0 Å². The molecule has 0 fully saturated rings. The van der Waals surface area contributed by atoms with Gasteiger partial charge in [0.25, 0.3) is 0 Å². The summed E-state index contributed by atoms with van der Waals surface area (Å²) in [5, 5.41) is 0.593. The van der Waals surface area contributed by atoms with E-state index in [-0.39, 0.29) is 12.5 Å². The molecular formula is C11H19N5OS. The number of aromatic nitrogens is 2. The predicted octanol–water partition coefficient (Wildman–Crippen LogP) is 0.873. The molecule has 1 rings (SSSR count). The first-order chi connectivity index (χ1) is 8.56. The summed E-state index contributed by atoms with van der Waals surface area (Å²) in [7, 11) is 0. The Morgan fingerprint density at radius 3 is 2.78 bits per heavy atom. The summed E-state index contributed by atoms with van der Waals surface area (Å²) in [5.74, 6) is 0.670. The fourth-order valence-electron chi connectivity index (χ4n) is 1.50. The number of anilines is 2. The molecule has 1 aromatic rings. The summed E-state index contributed by atoms with van der Waals surface area (Å²) in [4.78, 5) is 21.4. The van der Waals surface area contributed by atoms with Gasteiger partial charge in [-0.05, 0) is 12.7 Å². The lowest BCUT2D eigenvalue weighted by molar-refractivity contribution is -0.116. The Bertz CT molecular complexity index is 412. The highest BCUT2D eigenvalue weighted by atomic mass is 32.2. The highest BCUT2D eigenvalue weighted by Crippen LogP contribution is 2.19. The Kier molecular flexibility index (Phi) is 5.70. The average molecular weight is 269 g/mol. The number of nitrogens with two attached hydrogens (primary N) is 2. The summed E-state index contributed by atoms with van der Waals surface area (Å²) >= 11 is 1.41. The van der Waals surface area contributed by atoms with Gasteiger partial charge in [0.05, 0.1) is 6.54 Å². The highest BCUT2D eigenvalue weighted by Gasteiger charge is 2.12. The minimum atomic E-state index is -0.381. The minimum absolute atomic E-state index is 0.143. The van der Waals surface area contributed by atoms with E-state index in [0.29, 0.717) is 16.8 Å². The molecule has 1 heterocycles. The van der Waals surface area contributed by atoms with Crippen molar-refractivity contribution in [2.24, 2.45) is 5.73 Å². The molecule has 0 spiro atoms. The zero-order valence-electron chi connectivity index (χ0n) is 10.7. The van der Waals surface area contributed by atoms with Crippen LogP contribution in [-0.4, -0.2) is 35.2 Å². The fraction of sp³-hybridized carbons (Fsp3) is 0.545. The number of unbranched alkanes of at least 4 members (excludes halogenated alkanes) is 1. The van der Waals surface area contributed by atoms with Crippen molar-refractivity contribution in [3.8, 4) is 0 Å². The Labute approximate surface area is 111 Å². The van der Waals surface area contributed by atoms with E-state index < -0.39 is 0 Å². The first-order valence-corrected chi connectivity index (χ1v) is 7.01. The minimum Gasteiger partial charge on any atom is -0.383 e. The number of carbonyl (C=O) groups excluding carboxylic acids is 1. The number of nitrogen functional groups attached to an aromatic ring is 1. The number of nitrogens with zero attached hydrogens (tertiary/aromatic N) is 3. The summed E-state index contributed by atoms with van der Waals surface area (Å²) in [6.45, 7) is 2.96. The summed E-state index contributed by atoms with van der Waals surface area (Å²) < 4.78 is 0. The van der Waals surface area contributed by atoms with Crippen LogP contribution in [0.1, 0.15) is 19.8 Å². The second-order valence-electron chi connectivity index (χ2n) is 3.88. The van der Waals surface area contributed by atoms with Crippen LogP contribution < -0.4 is 16.4 Å². The topological polar surface area (TPSA) is 98.1 Å². The van der Waals surface area contributed by atoms with Crippen molar-refractivity contribution in [3.63, 3.8) is 0 Å². The van der Waals surface area contributed by atoms with Crippen molar-refractivity contribution in [1.82, 2.24) is 9.97 Å². The van der Waals surface area contributed by atoms with Gasteiger partial charge in [0, 0.05) is 12.6 Å². The molecule has 0 bridgehead atoms. The van der Waals surface area contributed by atoms with Gasteiger partial charge < -0.3 is 16.4 Å². The third-order valence-corrected chi connectivity index (χ3v) is 2.89. The normalized spacial score (nSPS) is 10.3. The number of hydrogen-bond donors (Lipinski definition) is 2. The standard InChI is InChI=1S/C11H19N5OS/c1-3-4-5-16(7-9(13)17)10-6-8(12)14-11(15-10)18-2/h6H,3-5,7H2,1-2H3,(H2,13,17)(H2,12,14,15). The lowest BCUT2D eigenvalue weighted by Gasteiger charge is -2.22. The maximum Gasteiger partial charge on any atom is 0.236 e. The fourth-order valence-corrected chi connectivity index (χ4v) is 1.88. The number of primary amides is 1. The van der Waals surface area contributed by atoms with Crippen LogP contribution >= 0.6 is 11.8 Å². The van der Waals surface area contributed by atoms with E-state index in [0.717, 1.165) is 19.4 Å². The van der Waals surface area contributed by atoms with Crippen molar-refractivity contribution in [2.75, 3.05) is 30.0 Å². The molecule has 0 aliphatic rings. The molecule has 4 N–H and O–H groups in total. The molecule has 0 saturated carbocycles. The molecule has 0 atom stereocenters. The predicted molar refractivity (Wildman–Crippen MR) is 74.5 cm³/mol. The molecule has 18 heavy (non-hydrogen) atoms. The molecular weight excluding hydrogens is 250 g/mol. The Morgan fingerprint density at radius 1 is 1.50 bits per heavy atom. The largest absolute Gasteiger partial charge is 0.383 e. The molecule has 0 unspecified atom stereocenters. The second kappa shape index (κ2) is 7.05. The van der Waals surface area contributed by atoms with E-state index in [1.54, 1.807) is 6.07 Å². The summed E-state index contributed by atoms with van der Waals surface area (Å²) in [5.41, 5.74) is 11.0. The highest BCUT2D eigenvalue weighted by molar-refractivity contribution is 7.98. The van der Waals surface area contributed by atoms with E-state index in [1.807, 2.05) is 11.2 Å². The molecule has 7 heteroatoms. The molecule has 0 aliphatic carbocycles. The lowest BCUT2D eigenvalue weighted by atomic mass is 10.3.